The van der Waals surface area contributed by atoms with Gasteiger partial charge in [-0.25, -0.2) is 15.0 Å². The number of rotatable bonds is 4. The number of anilines is 2. The van der Waals surface area contributed by atoms with Crippen molar-refractivity contribution in [3.05, 3.63) is 42.0 Å². The molecule has 4 rings (SSSR count). The second-order valence-corrected chi connectivity index (χ2v) is 7.15. The average molecular weight is 422 g/mol. The van der Waals surface area contributed by atoms with E-state index in [4.69, 9.17) is 5.73 Å². The smallest absolute Gasteiger partial charge is 0.146 e. The van der Waals surface area contributed by atoms with Gasteiger partial charge in [0.1, 0.15) is 24.0 Å². The molecule has 1 aliphatic carbocycles. The van der Waals surface area contributed by atoms with Crippen molar-refractivity contribution in [1.82, 2.24) is 15.0 Å². The van der Waals surface area contributed by atoms with Gasteiger partial charge in [0.05, 0.1) is 5.56 Å². The van der Waals surface area contributed by atoms with Gasteiger partial charge in [-0.2, -0.15) is 5.26 Å². The number of nitrogens with one attached hydrogen (secondary N) is 1. The SMILES string of the molecule is Cl.Cl.N#Cc1cccnc1N1CCC(Nc2cc(C3CC(N)C3)ncn2)CC1. The van der Waals surface area contributed by atoms with Crippen LogP contribution in [0.25, 0.3) is 0 Å². The monoisotopic (exact) mass is 421 g/mol. The van der Waals surface area contributed by atoms with Crippen molar-refractivity contribution in [3.8, 4) is 6.07 Å². The molecular weight excluding hydrogens is 397 g/mol. The van der Waals surface area contributed by atoms with Crippen LogP contribution in [0.2, 0.25) is 0 Å². The van der Waals surface area contributed by atoms with Crippen molar-refractivity contribution < 1.29 is 0 Å². The summed E-state index contributed by atoms with van der Waals surface area (Å²) in [5, 5.41) is 12.8. The highest BCUT2D eigenvalue weighted by Crippen LogP contribution is 2.35. The van der Waals surface area contributed by atoms with Crippen LogP contribution in [0.3, 0.4) is 0 Å². The van der Waals surface area contributed by atoms with E-state index in [1.54, 1.807) is 18.6 Å². The van der Waals surface area contributed by atoms with Crippen LogP contribution in [-0.4, -0.2) is 40.1 Å². The van der Waals surface area contributed by atoms with E-state index < -0.39 is 0 Å². The van der Waals surface area contributed by atoms with Gasteiger partial charge in [0.25, 0.3) is 0 Å². The van der Waals surface area contributed by atoms with Gasteiger partial charge in [-0.1, -0.05) is 0 Å². The Balaban J connectivity index is 0.00000140. The van der Waals surface area contributed by atoms with Gasteiger partial charge in [0.2, 0.25) is 0 Å². The topological polar surface area (TPSA) is 104 Å². The minimum atomic E-state index is 0. The third kappa shape index (κ3) is 4.82. The number of halogens is 2. The fraction of sp³-hybridized carbons (Fsp3) is 0.474. The zero-order chi connectivity index (χ0) is 17.9. The van der Waals surface area contributed by atoms with E-state index >= 15 is 0 Å². The van der Waals surface area contributed by atoms with Crippen LogP contribution in [0.1, 0.15) is 42.9 Å². The van der Waals surface area contributed by atoms with Crippen LogP contribution in [0.5, 0.6) is 0 Å². The van der Waals surface area contributed by atoms with Crippen molar-refractivity contribution in [3.63, 3.8) is 0 Å². The highest BCUT2D eigenvalue weighted by molar-refractivity contribution is 5.85. The van der Waals surface area contributed by atoms with E-state index in [0.717, 1.165) is 56.1 Å². The Hall–Kier alpha value is -2.14. The van der Waals surface area contributed by atoms with E-state index in [-0.39, 0.29) is 24.8 Å². The van der Waals surface area contributed by atoms with Crippen LogP contribution in [-0.2, 0) is 0 Å². The molecule has 0 bridgehead atoms. The molecule has 0 spiro atoms. The van der Waals surface area contributed by atoms with Gasteiger partial charge in [-0.05, 0) is 37.8 Å². The minimum absolute atomic E-state index is 0. The quantitative estimate of drug-likeness (QED) is 0.781. The second-order valence-electron chi connectivity index (χ2n) is 7.15. The molecule has 0 amide bonds. The summed E-state index contributed by atoms with van der Waals surface area (Å²) in [7, 11) is 0. The lowest BCUT2D eigenvalue weighted by atomic mass is 9.78. The molecule has 1 saturated heterocycles. The normalized spacial score (nSPS) is 21.5. The third-order valence-electron chi connectivity index (χ3n) is 5.33. The van der Waals surface area contributed by atoms with Gasteiger partial charge < -0.3 is 16.0 Å². The summed E-state index contributed by atoms with van der Waals surface area (Å²) < 4.78 is 0. The van der Waals surface area contributed by atoms with Crippen molar-refractivity contribution in [2.24, 2.45) is 5.73 Å². The maximum atomic E-state index is 9.26. The lowest BCUT2D eigenvalue weighted by Crippen LogP contribution is -2.40. The maximum Gasteiger partial charge on any atom is 0.146 e. The molecular formula is C19H25Cl2N7. The highest BCUT2D eigenvalue weighted by atomic mass is 35.5. The van der Waals surface area contributed by atoms with E-state index in [1.807, 2.05) is 6.07 Å². The Morgan fingerprint density at radius 3 is 2.57 bits per heavy atom. The molecule has 0 atom stereocenters. The minimum Gasteiger partial charge on any atom is -0.367 e. The lowest BCUT2D eigenvalue weighted by molar-refractivity contribution is 0.345. The summed E-state index contributed by atoms with van der Waals surface area (Å²) in [6.07, 6.45) is 7.38. The van der Waals surface area contributed by atoms with Crippen LogP contribution >= 0.6 is 24.8 Å². The van der Waals surface area contributed by atoms with Crippen LogP contribution in [0.15, 0.2) is 30.7 Å². The largest absolute Gasteiger partial charge is 0.367 e. The van der Waals surface area contributed by atoms with Gasteiger partial charge in [-0.3, -0.25) is 0 Å². The fourth-order valence-electron chi connectivity index (χ4n) is 3.76. The summed E-state index contributed by atoms with van der Waals surface area (Å²) in [4.78, 5) is 15.4. The van der Waals surface area contributed by atoms with Crippen LogP contribution < -0.4 is 16.0 Å². The zero-order valence-electron chi connectivity index (χ0n) is 15.5. The molecule has 2 aromatic heterocycles. The highest BCUT2D eigenvalue weighted by Gasteiger charge is 2.29. The Morgan fingerprint density at radius 2 is 1.89 bits per heavy atom. The number of nitrogens with two attached hydrogens (primary N) is 1. The van der Waals surface area contributed by atoms with E-state index in [1.165, 1.54) is 0 Å². The Bertz CT molecular complexity index is 812. The average Bonchev–Trinajstić information content (AvgIpc) is 2.66. The van der Waals surface area contributed by atoms with Gasteiger partial charge in [-0.15, -0.1) is 24.8 Å². The van der Waals surface area contributed by atoms with Gasteiger partial charge >= 0.3 is 0 Å². The van der Waals surface area contributed by atoms with Crippen LogP contribution in [0.4, 0.5) is 11.6 Å². The lowest BCUT2D eigenvalue weighted by Gasteiger charge is -2.34. The molecule has 2 aromatic rings. The van der Waals surface area contributed by atoms with Crippen molar-refractivity contribution >= 4 is 36.4 Å². The number of pyridine rings is 1. The summed E-state index contributed by atoms with van der Waals surface area (Å²) >= 11 is 0. The molecule has 3 N–H and O–H groups in total. The summed E-state index contributed by atoms with van der Waals surface area (Å²) in [6.45, 7) is 1.75. The summed E-state index contributed by atoms with van der Waals surface area (Å²) in [6, 6.07) is 8.61. The molecule has 28 heavy (non-hydrogen) atoms. The Labute approximate surface area is 177 Å². The van der Waals surface area contributed by atoms with Crippen molar-refractivity contribution in [2.45, 2.75) is 43.7 Å². The number of hydrogen-bond acceptors (Lipinski definition) is 7. The second kappa shape index (κ2) is 9.87. The molecule has 0 radical (unpaired) electrons. The molecule has 3 heterocycles. The first-order valence-corrected chi connectivity index (χ1v) is 9.17. The van der Waals surface area contributed by atoms with E-state index in [2.05, 4.69) is 37.3 Å². The van der Waals surface area contributed by atoms with E-state index in [9.17, 15) is 5.26 Å². The van der Waals surface area contributed by atoms with Crippen LogP contribution in [0, 0.1) is 11.3 Å². The number of piperidine rings is 1. The molecule has 2 fully saturated rings. The predicted molar refractivity (Wildman–Crippen MR) is 114 cm³/mol. The first-order valence-electron chi connectivity index (χ1n) is 9.17. The Morgan fingerprint density at radius 1 is 1.14 bits per heavy atom. The molecule has 150 valence electrons. The number of aromatic nitrogens is 3. The zero-order valence-corrected chi connectivity index (χ0v) is 17.1. The number of hydrogen-bond donors (Lipinski definition) is 2. The fourth-order valence-corrected chi connectivity index (χ4v) is 3.76. The molecule has 2 aliphatic rings. The molecule has 7 nitrogen and oxygen atoms in total. The molecule has 0 aromatic carbocycles. The number of nitrogens with zero attached hydrogens (tertiary/aromatic N) is 5. The van der Waals surface area contributed by atoms with Gasteiger partial charge in [0.15, 0.2) is 0 Å². The molecule has 9 heteroatoms. The molecule has 0 unspecified atom stereocenters. The summed E-state index contributed by atoms with van der Waals surface area (Å²) in [5.74, 6) is 2.16. The Kier molecular flexibility index (Phi) is 7.81. The molecule has 1 aliphatic heterocycles. The summed E-state index contributed by atoms with van der Waals surface area (Å²) in [5.41, 5.74) is 7.62. The predicted octanol–water partition coefficient (Wildman–Crippen LogP) is 2.87. The maximum absolute atomic E-state index is 9.26. The number of nitriles is 1. The molecule has 1 saturated carbocycles. The first kappa shape index (κ1) is 22.2. The van der Waals surface area contributed by atoms with Crippen molar-refractivity contribution in [2.75, 3.05) is 23.3 Å². The standard InChI is InChI=1S/C19H23N7.2ClH/c20-11-13-2-1-5-22-19(13)26-6-3-16(4-7-26)25-18-10-17(23-12-24-18)14-8-15(21)9-14;;/h1-2,5,10,12,14-16H,3-4,6-9,21H2,(H,23,24,25);2*1H. The third-order valence-corrected chi connectivity index (χ3v) is 5.33. The van der Waals surface area contributed by atoms with Gasteiger partial charge in [0, 0.05) is 49.0 Å². The van der Waals surface area contributed by atoms with E-state index in [0.29, 0.717) is 23.6 Å². The van der Waals surface area contributed by atoms with Crippen molar-refractivity contribution in [1.29, 1.82) is 5.26 Å². The first-order chi connectivity index (χ1) is 12.7.